The maximum Gasteiger partial charge on any atom is 0.269 e. The van der Waals surface area contributed by atoms with Gasteiger partial charge in [0.2, 0.25) is 0 Å². The number of hydrogen-bond donors (Lipinski definition) is 0. The smallest absolute Gasteiger partial charge is 0.258 e. The van der Waals surface area contributed by atoms with Crippen LogP contribution in [0.2, 0.25) is 0 Å². The van der Waals surface area contributed by atoms with Gasteiger partial charge < -0.3 is 0 Å². The zero-order chi connectivity index (χ0) is 10.9. The quantitative estimate of drug-likeness (QED) is 0.447. The number of benzene rings is 2. The summed E-state index contributed by atoms with van der Waals surface area (Å²) in [6.45, 7) is 0. The fourth-order valence-corrected chi connectivity index (χ4v) is 0.935. The molecule has 3 nitrogen and oxygen atoms in total. The molecule has 0 bridgehead atoms. The number of rotatable bonds is 1. The molecule has 0 aliphatic heterocycles. The summed E-state index contributed by atoms with van der Waals surface area (Å²) in [7, 11) is 0. The van der Waals surface area contributed by atoms with Gasteiger partial charge in [-0.2, -0.15) is 0 Å². The van der Waals surface area contributed by atoms with Crippen LogP contribution in [0, 0.1) is 10.1 Å². The molecule has 0 N–H and O–H groups in total. The predicted molar refractivity (Wildman–Crippen MR) is 59.5 cm³/mol. The average Bonchev–Trinajstić information content (AvgIpc) is 2.33. The molecule has 2 aromatic rings. The molecule has 2 rings (SSSR count). The van der Waals surface area contributed by atoms with E-state index in [1.807, 2.05) is 36.4 Å². The summed E-state index contributed by atoms with van der Waals surface area (Å²) in [4.78, 5) is 9.59. The summed E-state index contributed by atoms with van der Waals surface area (Å²) >= 11 is 0. The second-order valence-corrected chi connectivity index (χ2v) is 2.75. The van der Waals surface area contributed by atoms with Gasteiger partial charge in [0, 0.05) is 29.2 Å². The minimum absolute atomic E-state index is 0. The monoisotopic (exact) mass is 257 g/mol. The summed E-state index contributed by atoms with van der Waals surface area (Å²) in [5.41, 5.74) is 0.137. The van der Waals surface area contributed by atoms with Crippen molar-refractivity contribution < 1.29 is 22.0 Å². The van der Waals surface area contributed by atoms with Gasteiger partial charge >= 0.3 is 0 Å². The molecule has 0 atom stereocenters. The summed E-state index contributed by atoms with van der Waals surface area (Å²) in [6.07, 6.45) is 0. The number of non-ortho nitro benzene ring substituents is 1. The van der Waals surface area contributed by atoms with E-state index in [9.17, 15) is 10.1 Å². The Balaban J connectivity index is 0.000000283. The van der Waals surface area contributed by atoms with Gasteiger partial charge in [-0.3, -0.25) is 10.1 Å². The third kappa shape index (κ3) is 5.96. The van der Waals surface area contributed by atoms with Crippen molar-refractivity contribution in [1.29, 1.82) is 0 Å². The van der Waals surface area contributed by atoms with E-state index in [2.05, 4.69) is 0 Å². The van der Waals surface area contributed by atoms with E-state index in [-0.39, 0.29) is 22.8 Å². The molecule has 0 radical (unpaired) electrons. The van der Waals surface area contributed by atoms with Gasteiger partial charge in [-0.15, -0.1) is 0 Å². The zero-order valence-corrected chi connectivity index (χ0v) is 9.57. The van der Waals surface area contributed by atoms with Gasteiger partial charge in [-0.1, -0.05) is 54.6 Å². The summed E-state index contributed by atoms with van der Waals surface area (Å²) in [5.74, 6) is 0. The fourth-order valence-electron chi connectivity index (χ4n) is 0.935. The van der Waals surface area contributed by atoms with E-state index >= 15 is 0 Å². The summed E-state index contributed by atoms with van der Waals surface area (Å²) in [6, 6.07) is 19.9. The molecule has 0 saturated heterocycles. The topological polar surface area (TPSA) is 43.1 Å². The van der Waals surface area contributed by atoms with Crippen molar-refractivity contribution in [3.8, 4) is 0 Å². The summed E-state index contributed by atoms with van der Waals surface area (Å²) in [5, 5.41) is 10.0. The molecule has 0 aliphatic carbocycles. The van der Waals surface area contributed by atoms with Crippen LogP contribution in [-0.4, -0.2) is 4.92 Å². The molecule has 2 aromatic carbocycles. The molecular weight excluding hydrogens is 246 g/mol. The second kappa shape index (κ2) is 8.65. The molecule has 0 saturated carbocycles. The van der Waals surface area contributed by atoms with Gasteiger partial charge in [0.1, 0.15) is 0 Å². The van der Waals surface area contributed by atoms with E-state index in [1.54, 1.807) is 18.2 Å². The van der Waals surface area contributed by atoms with E-state index in [4.69, 9.17) is 0 Å². The molecule has 0 spiro atoms. The Morgan fingerprint density at radius 1 is 0.750 bits per heavy atom. The van der Waals surface area contributed by atoms with Crippen LogP contribution in [0.25, 0.3) is 0 Å². The Kier molecular flexibility index (Phi) is 7.76. The van der Waals surface area contributed by atoms with Crippen molar-refractivity contribution in [1.82, 2.24) is 0 Å². The molecule has 0 heterocycles. The normalized spacial score (nSPS) is 8.00. The standard InChI is InChI=1S/C6H5NO2.C6H6.Fe/c8-7(9)6-4-2-1-3-5-6;1-2-4-6-5-3-1;/h1-5H;1-6H;. The Labute approximate surface area is 105 Å². The molecule has 16 heavy (non-hydrogen) atoms. The Hall–Kier alpha value is -1.64. The molecule has 0 aromatic heterocycles. The van der Waals surface area contributed by atoms with Crippen LogP contribution in [0.15, 0.2) is 66.7 Å². The Morgan fingerprint density at radius 2 is 1.06 bits per heavy atom. The molecular formula is C12H11FeNO2. The van der Waals surface area contributed by atoms with Crippen molar-refractivity contribution in [3.05, 3.63) is 76.8 Å². The molecule has 0 amide bonds. The first-order chi connectivity index (χ1) is 7.30. The SMILES string of the molecule is O=[N+]([O-])c1ccccc1.[Fe].c1ccccc1. The van der Waals surface area contributed by atoms with E-state index in [0.717, 1.165) is 0 Å². The molecule has 84 valence electrons. The van der Waals surface area contributed by atoms with Crippen molar-refractivity contribution in [2.75, 3.05) is 0 Å². The number of nitro groups is 1. The number of para-hydroxylation sites is 1. The predicted octanol–water partition coefficient (Wildman–Crippen LogP) is 3.28. The van der Waals surface area contributed by atoms with Crippen molar-refractivity contribution in [3.63, 3.8) is 0 Å². The van der Waals surface area contributed by atoms with Gasteiger partial charge in [0.15, 0.2) is 0 Å². The van der Waals surface area contributed by atoms with Crippen LogP contribution in [0.4, 0.5) is 5.69 Å². The molecule has 0 aliphatic rings. The minimum Gasteiger partial charge on any atom is -0.258 e. The first-order valence-corrected chi connectivity index (χ1v) is 4.50. The van der Waals surface area contributed by atoms with Crippen LogP contribution in [0.1, 0.15) is 0 Å². The van der Waals surface area contributed by atoms with Crippen LogP contribution in [0.3, 0.4) is 0 Å². The van der Waals surface area contributed by atoms with Gasteiger partial charge in [0.05, 0.1) is 4.92 Å². The molecule has 0 fully saturated rings. The number of nitro benzene ring substituents is 1. The van der Waals surface area contributed by atoms with Crippen LogP contribution in [-0.2, 0) is 17.1 Å². The summed E-state index contributed by atoms with van der Waals surface area (Å²) < 4.78 is 0. The first kappa shape index (κ1) is 14.4. The Bertz CT molecular complexity index is 366. The van der Waals surface area contributed by atoms with Crippen LogP contribution in [0.5, 0.6) is 0 Å². The zero-order valence-electron chi connectivity index (χ0n) is 8.47. The second-order valence-electron chi connectivity index (χ2n) is 2.75. The van der Waals surface area contributed by atoms with Crippen molar-refractivity contribution in [2.45, 2.75) is 0 Å². The van der Waals surface area contributed by atoms with Gasteiger partial charge in [0.25, 0.3) is 5.69 Å². The third-order valence-electron chi connectivity index (χ3n) is 1.63. The van der Waals surface area contributed by atoms with E-state index in [1.165, 1.54) is 12.1 Å². The maximum atomic E-state index is 10.0. The van der Waals surface area contributed by atoms with Crippen molar-refractivity contribution in [2.24, 2.45) is 0 Å². The average molecular weight is 257 g/mol. The van der Waals surface area contributed by atoms with Gasteiger partial charge in [-0.25, -0.2) is 0 Å². The number of hydrogen-bond acceptors (Lipinski definition) is 2. The van der Waals surface area contributed by atoms with Crippen molar-refractivity contribution >= 4 is 5.69 Å². The van der Waals surface area contributed by atoms with E-state index < -0.39 is 4.92 Å². The molecule has 0 unspecified atom stereocenters. The van der Waals surface area contributed by atoms with Crippen LogP contribution >= 0.6 is 0 Å². The minimum atomic E-state index is -0.417. The fraction of sp³-hybridized carbons (Fsp3) is 0. The number of nitrogens with zero attached hydrogens (tertiary/aromatic N) is 1. The van der Waals surface area contributed by atoms with E-state index in [0.29, 0.717) is 0 Å². The maximum absolute atomic E-state index is 10.0. The van der Waals surface area contributed by atoms with Crippen LogP contribution < -0.4 is 0 Å². The third-order valence-corrected chi connectivity index (χ3v) is 1.63. The molecule has 4 heteroatoms. The first-order valence-electron chi connectivity index (χ1n) is 4.50. The largest absolute Gasteiger partial charge is 0.269 e. The van der Waals surface area contributed by atoms with Gasteiger partial charge in [-0.05, 0) is 0 Å². The Morgan fingerprint density at radius 3 is 1.31 bits per heavy atom.